The summed E-state index contributed by atoms with van der Waals surface area (Å²) < 4.78 is 18.8. The molecule has 0 spiro atoms. The molecule has 15 nitrogen and oxygen atoms in total. The first-order chi connectivity index (χ1) is 28.5. The van der Waals surface area contributed by atoms with Crippen LogP contribution in [0.5, 0.6) is 0 Å². The van der Waals surface area contributed by atoms with Gasteiger partial charge in [-0.1, -0.05) is 23.7 Å². The Morgan fingerprint density at radius 1 is 0.917 bits per heavy atom. The summed E-state index contributed by atoms with van der Waals surface area (Å²) in [4.78, 5) is 58.4. The number of halogens is 1. The number of piperidine rings is 1. The number of rotatable bonds is 17. The largest absolute Gasteiger partial charge is 0.379 e. The van der Waals surface area contributed by atoms with Crippen LogP contribution in [0.4, 0.5) is 5.69 Å². The Balaban J connectivity index is 0.00000604. The fourth-order valence-electron chi connectivity index (χ4n) is 7.42. The maximum Gasteiger partial charge on any atom is 0.253 e. The Hall–Kier alpha value is -4.65. The zero-order valence-corrected chi connectivity index (χ0v) is 36.5. The van der Waals surface area contributed by atoms with E-state index in [1.54, 1.807) is 34.4 Å². The van der Waals surface area contributed by atoms with Gasteiger partial charge in [0.25, 0.3) is 5.91 Å². The molecule has 3 N–H and O–H groups in total. The molecule has 2 aromatic carbocycles. The van der Waals surface area contributed by atoms with E-state index in [1.165, 1.54) is 4.88 Å². The van der Waals surface area contributed by atoms with E-state index in [2.05, 4.69) is 40.0 Å². The molecule has 0 radical (unpaired) electrons. The summed E-state index contributed by atoms with van der Waals surface area (Å²) in [7, 11) is 0. The number of thiophene rings is 1. The normalized spacial score (nSPS) is 15.9. The van der Waals surface area contributed by atoms with Gasteiger partial charge in [0.05, 0.1) is 58.2 Å². The second kappa shape index (κ2) is 20.7. The third kappa shape index (κ3) is 10.8. The quantitative estimate of drug-likeness (QED) is 0.126. The summed E-state index contributed by atoms with van der Waals surface area (Å²) in [5.74, 6) is 0.977. The van der Waals surface area contributed by atoms with E-state index in [-0.39, 0.29) is 62.6 Å². The van der Waals surface area contributed by atoms with Gasteiger partial charge in [0, 0.05) is 64.4 Å². The number of anilines is 1. The monoisotopic (exact) mass is 878 g/mol. The molecule has 0 aliphatic carbocycles. The number of carbonyl (C=O) groups is 4. The van der Waals surface area contributed by atoms with Crippen molar-refractivity contribution in [1.82, 2.24) is 30.3 Å². The molecule has 2 aromatic heterocycles. The van der Waals surface area contributed by atoms with Gasteiger partial charge in [-0.3, -0.25) is 28.7 Å². The minimum absolute atomic E-state index is 0. The lowest BCUT2D eigenvalue weighted by atomic mass is 9.99. The highest BCUT2D eigenvalue weighted by Gasteiger charge is 2.32. The second-order valence-electron chi connectivity index (χ2n) is 14.8. The Labute approximate surface area is 365 Å². The SMILES string of the molecule is Cc1sc2c(c1C)C(c1ccc(Cl)cc1)=N[C@@H](CC(=O)NCCOCCOCCOCCC(=O)NC1CCN(C(=O)c3ccc4c(c3)CC(=O)N4)CC1)c1nnc(C)n1-2.S. The van der Waals surface area contributed by atoms with Crippen molar-refractivity contribution in [2.24, 2.45) is 4.99 Å². The lowest BCUT2D eigenvalue weighted by molar-refractivity contribution is -0.123. The number of benzene rings is 2. The van der Waals surface area contributed by atoms with E-state index in [4.69, 9.17) is 30.8 Å². The molecule has 1 fully saturated rings. The molecular weight excluding hydrogens is 828 g/mol. The minimum Gasteiger partial charge on any atom is -0.379 e. The van der Waals surface area contributed by atoms with E-state index in [0.29, 0.717) is 88.3 Å². The first-order valence-corrected chi connectivity index (χ1v) is 21.1. The number of carbonyl (C=O) groups excluding carboxylic acids is 4. The van der Waals surface area contributed by atoms with Gasteiger partial charge in [-0.15, -0.1) is 21.5 Å². The molecule has 1 saturated heterocycles. The number of hydrogen-bond acceptors (Lipinski definition) is 11. The smallest absolute Gasteiger partial charge is 0.253 e. The summed E-state index contributed by atoms with van der Waals surface area (Å²) in [5.41, 5.74) is 6.03. The molecule has 3 aliphatic rings. The Morgan fingerprint density at radius 2 is 1.62 bits per heavy atom. The fourth-order valence-corrected chi connectivity index (χ4v) is 8.76. The van der Waals surface area contributed by atoms with Crippen molar-refractivity contribution in [2.75, 3.05) is 64.6 Å². The van der Waals surface area contributed by atoms with Crippen LogP contribution in [-0.4, -0.2) is 114 Å². The highest BCUT2D eigenvalue weighted by molar-refractivity contribution is 7.59. The number of hydrogen-bond donors (Lipinski definition) is 3. The standard InChI is InChI=1S/C42H49ClN8O7S.H2S/c1-25-26(2)59-42-38(25)39(28-4-7-31(43)8-5-28)47-34(40-49-48-27(3)51(40)42)24-36(53)44-13-17-57-19-21-58-20-18-56-16-12-35(52)45-32-10-14-50(15-11-32)41(55)29-6-9-33-30(22-29)23-37(54)46-33;/h4-9,22,32,34H,10-21,23-24H2,1-3H3,(H,44,53)(H,45,52)(H,46,54);1H2/t34-;/m0./s1. The molecule has 0 unspecified atom stereocenters. The van der Waals surface area contributed by atoms with Crippen molar-refractivity contribution in [3.8, 4) is 5.00 Å². The third-order valence-electron chi connectivity index (χ3n) is 10.6. The number of likely N-dealkylation sites (tertiary alicyclic amines) is 1. The number of aryl methyl sites for hydroxylation is 2. The van der Waals surface area contributed by atoms with E-state index in [0.717, 1.165) is 44.5 Å². The average Bonchev–Trinajstić information content (AvgIpc) is 3.86. The van der Waals surface area contributed by atoms with Crippen LogP contribution < -0.4 is 16.0 Å². The van der Waals surface area contributed by atoms with E-state index < -0.39 is 6.04 Å². The van der Waals surface area contributed by atoms with Crippen LogP contribution >= 0.6 is 36.4 Å². The van der Waals surface area contributed by atoms with Crippen LogP contribution in [0.3, 0.4) is 0 Å². The van der Waals surface area contributed by atoms with Gasteiger partial charge < -0.3 is 35.1 Å². The molecule has 4 amide bonds. The summed E-state index contributed by atoms with van der Waals surface area (Å²) >= 11 is 7.88. The minimum atomic E-state index is -0.551. The number of nitrogens with one attached hydrogen (secondary N) is 3. The number of nitrogens with zero attached hydrogens (tertiary/aromatic N) is 5. The van der Waals surface area contributed by atoms with Crippen LogP contribution in [0.25, 0.3) is 5.00 Å². The second-order valence-corrected chi connectivity index (χ2v) is 16.4. The van der Waals surface area contributed by atoms with Crippen LogP contribution in [-0.2, 0) is 35.0 Å². The molecule has 320 valence electrons. The predicted molar refractivity (Wildman–Crippen MR) is 234 cm³/mol. The van der Waals surface area contributed by atoms with Crippen molar-refractivity contribution in [1.29, 1.82) is 0 Å². The Bertz CT molecular complexity index is 2220. The van der Waals surface area contributed by atoms with Gasteiger partial charge in [0.2, 0.25) is 17.7 Å². The highest BCUT2D eigenvalue weighted by atomic mass is 35.5. The molecular formula is C42H51ClN8O7S2. The first kappa shape index (κ1) is 44.9. The Morgan fingerprint density at radius 3 is 2.35 bits per heavy atom. The van der Waals surface area contributed by atoms with Gasteiger partial charge >= 0.3 is 0 Å². The van der Waals surface area contributed by atoms with Crippen LogP contribution in [0.2, 0.25) is 5.02 Å². The van der Waals surface area contributed by atoms with Gasteiger partial charge in [-0.2, -0.15) is 13.5 Å². The van der Waals surface area contributed by atoms with E-state index >= 15 is 0 Å². The molecule has 0 saturated carbocycles. The zero-order valence-electron chi connectivity index (χ0n) is 34.0. The summed E-state index contributed by atoms with van der Waals surface area (Å²) in [6, 6.07) is 12.4. The number of ether oxygens (including phenoxy) is 3. The van der Waals surface area contributed by atoms with Gasteiger partial charge in [0.1, 0.15) is 16.9 Å². The van der Waals surface area contributed by atoms with Crippen molar-refractivity contribution in [2.45, 2.75) is 65.0 Å². The molecule has 0 bridgehead atoms. The molecule has 4 aromatic rings. The van der Waals surface area contributed by atoms with Crippen molar-refractivity contribution >= 4 is 71.5 Å². The fraction of sp³-hybridized carbons (Fsp3) is 0.452. The van der Waals surface area contributed by atoms with Gasteiger partial charge in [0.15, 0.2) is 5.82 Å². The summed E-state index contributed by atoms with van der Waals surface area (Å²) in [6.07, 6.45) is 1.97. The van der Waals surface area contributed by atoms with Gasteiger partial charge in [-0.25, -0.2) is 0 Å². The highest BCUT2D eigenvalue weighted by Crippen LogP contribution is 2.39. The maximum atomic E-state index is 13.2. The lowest BCUT2D eigenvalue weighted by Gasteiger charge is -2.32. The van der Waals surface area contributed by atoms with Crippen molar-refractivity contribution in [3.05, 3.63) is 91.8 Å². The summed E-state index contributed by atoms with van der Waals surface area (Å²) in [6.45, 7) is 9.55. The summed E-state index contributed by atoms with van der Waals surface area (Å²) in [5, 5.41) is 19.2. The Kier molecular flexibility index (Phi) is 15.5. The van der Waals surface area contributed by atoms with Crippen LogP contribution in [0.1, 0.15) is 80.9 Å². The van der Waals surface area contributed by atoms with E-state index in [9.17, 15) is 19.2 Å². The van der Waals surface area contributed by atoms with Crippen molar-refractivity contribution in [3.63, 3.8) is 0 Å². The molecule has 18 heteroatoms. The molecule has 3 aliphatic heterocycles. The molecule has 60 heavy (non-hydrogen) atoms. The molecule has 5 heterocycles. The zero-order chi connectivity index (χ0) is 41.5. The first-order valence-electron chi connectivity index (χ1n) is 19.9. The third-order valence-corrected chi connectivity index (χ3v) is 12.1. The number of aliphatic imine (C=N–C) groups is 1. The van der Waals surface area contributed by atoms with Crippen molar-refractivity contribution < 1.29 is 33.4 Å². The molecule has 1 atom stereocenters. The maximum absolute atomic E-state index is 13.2. The number of amides is 4. The predicted octanol–water partition coefficient (Wildman–Crippen LogP) is 4.77. The average molecular weight is 880 g/mol. The lowest BCUT2D eigenvalue weighted by Crippen LogP contribution is -2.46. The van der Waals surface area contributed by atoms with Gasteiger partial charge in [-0.05, 0) is 75.1 Å². The number of fused-ring (bicyclic) bond motifs is 4. The van der Waals surface area contributed by atoms with Crippen LogP contribution in [0.15, 0.2) is 47.5 Å². The van der Waals surface area contributed by atoms with E-state index in [1.807, 2.05) is 35.8 Å². The number of aromatic nitrogens is 3. The van der Waals surface area contributed by atoms with Crippen LogP contribution in [0, 0.1) is 20.8 Å². The molecule has 7 rings (SSSR count). The topological polar surface area (TPSA) is 178 Å².